The quantitative estimate of drug-likeness (QED) is 0.788. The lowest BCUT2D eigenvalue weighted by atomic mass is 9.90. The minimum atomic E-state index is -4.92. The van der Waals surface area contributed by atoms with Crippen LogP contribution in [0.2, 0.25) is 0 Å². The highest BCUT2D eigenvalue weighted by molar-refractivity contribution is 5.73. The SMILES string of the molecule is Cc1cccc(C)c1-c1cc([C@@H](N)CC(=O)O)c(F)c(C(F)(F)F)c1. The van der Waals surface area contributed by atoms with Gasteiger partial charge in [0.1, 0.15) is 5.82 Å². The molecule has 0 aliphatic heterocycles. The maximum atomic E-state index is 14.4. The van der Waals surface area contributed by atoms with Crippen molar-refractivity contribution in [2.75, 3.05) is 0 Å². The molecule has 0 fully saturated rings. The highest BCUT2D eigenvalue weighted by atomic mass is 19.4. The van der Waals surface area contributed by atoms with Gasteiger partial charge in [0.05, 0.1) is 12.0 Å². The Balaban J connectivity index is 2.76. The lowest BCUT2D eigenvalue weighted by Gasteiger charge is -2.19. The van der Waals surface area contributed by atoms with E-state index in [0.29, 0.717) is 5.56 Å². The summed E-state index contributed by atoms with van der Waals surface area (Å²) in [5.74, 6) is -2.85. The van der Waals surface area contributed by atoms with Crippen molar-refractivity contribution in [3.05, 3.63) is 58.4 Å². The van der Waals surface area contributed by atoms with E-state index in [9.17, 15) is 22.4 Å². The van der Waals surface area contributed by atoms with Gasteiger partial charge in [-0.25, -0.2) is 4.39 Å². The smallest absolute Gasteiger partial charge is 0.419 e. The number of carboxylic acids is 1. The van der Waals surface area contributed by atoms with Crippen LogP contribution in [0.25, 0.3) is 11.1 Å². The highest BCUT2D eigenvalue weighted by Crippen LogP contribution is 2.39. The molecule has 3 N–H and O–H groups in total. The summed E-state index contributed by atoms with van der Waals surface area (Å²) in [6.07, 6.45) is -5.60. The van der Waals surface area contributed by atoms with Crippen LogP contribution < -0.4 is 5.73 Å². The van der Waals surface area contributed by atoms with Crippen molar-refractivity contribution in [2.24, 2.45) is 5.73 Å². The first-order chi connectivity index (χ1) is 11.5. The molecule has 3 nitrogen and oxygen atoms in total. The van der Waals surface area contributed by atoms with Crippen LogP contribution in [0.15, 0.2) is 30.3 Å². The lowest BCUT2D eigenvalue weighted by Crippen LogP contribution is -2.19. The van der Waals surface area contributed by atoms with Crippen LogP contribution >= 0.6 is 0 Å². The van der Waals surface area contributed by atoms with E-state index in [2.05, 4.69) is 0 Å². The molecule has 0 aromatic heterocycles. The Morgan fingerprint density at radius 1 is 1.20 bits per heavy atom. The van der Waals surface area contributed by atoms with Crippen molar-refractivity contribution < 1.29 is 27.5 Å². The number of halogens is 4. The lowest BCUT2D eigenvalue weighted by molar-refractivity contribution is -0.140. The Morgan fingerprint density at radius 2 is 1.76 bits per heavy atom. The molecule has 1 atom stereocenters. The summed E-state index contributed by atoms with van der Waals surface area (Å²) in [7, 11) is 0. The van der Waals surface area contributed by atoms with Gasteiger partial charge < -0.3 is 10.8 Å². The molecular formula is C18H17F4NO2. The summed E-state index contributed by atoms with van der Waals surface area (Å²) >= 11 is 0. The van der Waals surface area contributed by atoms with E-state index < -0.39 is 41.6 Å². The number of aryl methyl sites for hydroxylation is 2. The molecule has 0 spiro atoms. The maximum absolute atomic E-state index is 14.4. The standard InChI is InChI=1S/C18H17F4NO2/c1-9-4-3-5-10(2)16(9)11-6-12(14(23)8-15(24)25)17(19)13(7-11)18(20,21)22/h3-7,14H,8,23H2,1-2H3,(H,24,25)/t14-/m0/s1. The van der Waals surface area contributed by atoms with Crippen LogP contribution in [0, 0.1) is 19.7 Å². The van der Waals surface area contributed by atoms with E-state index in [0.717, 1.165) is 17.2 Å². The predicted molar refractivity (Wildman–Crippen MR) is 85.5 cm³/mol. The second kappa shape index (κ2) is 6.84. The molecule has 0 heterocycles. The van der Waals surface area contributed by atoms with Gasteiger partial charge in [0.15, 0.2) is 0 Å². The molecule has 25 heavy (non-hydrogen) atoms. The van der Waals surface area contributed by atoms with Crippen LogP contribution in [0.5, 0.6) is 0 Å². The molecule has 0 saturated carbocycles. The van der Waals surface area contributed by atoms with Gasteiger partial charge in [-0.15, -0.1) is 0 Å². The fourth-order valence-electron chi connectivity index (χ4n) is 2.84. The minimum absolute atomic E-state index is 0.153. The fourth-order valence-corrected chi connectivity index (χ4v) is 2.84. The molecule has 2 aromatic carbocycles. The third-order valence-corrected chi connectivity index (χ3v) is 3.97. The number of nitrogens with two attached hydrogens (primary N) is 1. The highest BCUT2D eigenvalue weighted by Gasteiger charge is 2.36. The van der Waals surface area contributed by atoms with Gasteiger partial charge in [-0.05, 0) is 48.2 Å². The monoisotopic (exact) mass is 355 g/mol. The number of carbonyl (C=O) groups is 1. The largest absolute Gasteiger partial charge is 0.481 e. The second-order valence-corrected chi connectivity index (χ2v) is 5.90. The van der Waals surface area contributed by atoms with Crippen LogP contribution in [-0.2, 0) is 11.0 Å². The van der Waals surface area contributed by atoms with Crippen molar-refractivity contribution in [1.82, 2.24) is 0 Å². The maximum Gasteiger partial charge on any atom is 0.419 e. The van der Waals surface area contributed by atoms with Gasteiger partial charge in [-0.2, -0.15) is 13.2 Å². The molecule has 0 amide bonds. The van der Waals surface area contributed by atoms with Gasteiger partial charge >= 0.3 is 12.1 Å². The normalized spacial score (nSPS) is 12.9. The Morgan fingerprint density at radius 3 is 2.24 bits per heavy atom. The molecule has 0 unspecified atom stereocenters. The van der Waals surface area contributed by atoms with Crippen LogP contribution in [0.1, 0.15) is 34.7 Å². The van der Waals surface area contributed by atoms with E-state index >= 15 is 0 Å². The van der Waals surface area contributed by atoms with Gasteiger partial charge in [0.2, 0.25) is 0 Å². The number of benzene rings is 2. The molecule has 2 rings (SSSR count). The van der Waals surface area contributed by atoms with Crippen molar-refractivity contribution in [2.45, 2.75) is 32.5 Å². The van der Waals surface area contributed by atoms with Gasteiger partial charge in [0, 0.05) is 11.6 Å². The van der Waals surface area contributed by atoms with Crippen molar-refractivity contribution >= 4 is 5.97 Å². The van der Waals surface area contributed by atoms with E-state index in [4.69, 9.17) is 10.8 Å². The minimum Gasteiger partial charge on any atom is -0.481 e. The third-order valence-electron chi connectivity index (χ3n) is 3.97. The molecule has 0 saturated heterocycles. The van der Waals surface area contributed by atoms with E-state index in [1.54, 1.807) is 32.0 Å². The van der Waals surface area contributed by atoms with Crippen molar-refractivity contribution in [1.29, 1.82) is 0 Å². The Kier molecular flexibility index (Phi) is 5.17. The Hall–Kier alpha value is -2.41. The van der Waals surface area contributed by atoms with Crippen LogP contribution in [0.4, 0.5) is 17.6 Å². The first-order valence-corrected chi connectivity index (χ1v) is 7.47. The van der Waals surface area contributed by atoms with E-state index in [1.165, 1.54) is 6.07 Å². The zero-order chi connectivity index (χ0) is 18.9. The molecule has 7 heteroatoms. The Labute approximate surface area is 142 Å². The average Bonchev–Trinajstić information content (AvgIpc) is 2.46. The number of aliphatic carboxylic acids is 1. The first kappa shape index (κ1) is 18.9. The van der Waals surface area contributed by atoms with Crippen molar-refractivity contribution in [3.63, 3.8) is 0 Å². The summed E-state index contributed by atoms with van der Waals surface area (Å²) in [5.41, 5.74) is 5.86. The van der Waals surface area contributed by atoms with Gasteiger partial charge in [-0.3, -0.25) is 4.79 Å². The van der Waals surface area contributed by atoms with E-state index in [-0.39, 0.29) is 5.56 Å². The zero-order valence-corrected chi connectivity index (χ0v) is 13.6. The second-order valence-electron chi connectivity index (χ2n) is 5.90. The topological polar surface area (TPSA) is 63.3 Å². The van der Waals surface area contributed by atoms with Crippen LogP contribution in [0.3, 0.4) is 0 Å². The molecular weight excluding hydrogens is 338 g/mol. The first-order valence-electron chi connectivity index (χ1n) is 7.47. The average molecular weight is 355 g/mol. The number of carboxylic acid groups (broad SMARTS) is 1. The zero-order valence-electron chi connectivity index (χ0n) is 13.6. The molecule has 0 radical (unpaired) electrons. The van der Waals surface area contributed by atoms with Gasteiger partial charge in [-0.1, -0.05) is 18.2 Å². The summed E-state index contributed by atoms with van der Waals surface area (Å²) in [6, 6.07) is 5.78. The van der Waals surface area contributed by atoms with Crippen molar-refractivity contribution in [3.8, 4) is 11.1 Å². The number of alkyl halides is 3. The summed E-state index contributed by atoms with van der Waals surface area (Å²) in [4.78, 5) is 10.8. The van der Waals surface area contributed by atoms with E-state index in [1.807, 2.05) is 0 Å². The molecule has 2 aromatic rings. The number of rotatable bonds is 4. The number of hydrogen-bond donors (Lipinski definition) is 2. The summed E-state index contributed by atoms with van der Waals surface area (Å²) in [5, 5.41) is 8.82. The molecule has 0 aliphatic rings. The molecule has 0 aliphatic carbocycles. The summed E-state index contributed by atoms with van der Waals surface area (Å²) < 4.78 is 54.1. The fraction of sp³-hybridized carbons (Fsp3) is 0.278. The van der Waals surface area contributed by atoms with Gasteiger partial charge in [0.25, 0.3) is 0 Å². The number of hydrogen-bond acceptors (Lipinski definition) is 2. The molecule has 134 valence electrons. The van der Waals surface area contributed by atoms with Crippen LogP contribution in [-0.4, -0.2) is 11.1 Å². The third kappa shape index (κ3) is 3.99. The Bertz CT molecular complexity index is 795. The predicted octanol–water partition coefficient (Wildman–Crippen LogP) is 4.60. The molecule has 0 bridgehead atoms. The summed E-state index contributed by atoms with van der Waals surface area (Å²) in [6.45, 7) is 3.46.